The molecule has 1 N–H and O–H groups in total. The number of carbonyl (C=O) groups excluding carboxylic acids is 1. The van der Waals surface area contributed by atoms with Crippen molar-refractivity contribution in [2.75, 3.05) is 4.72 Å². The summed E-state index contributed by atoms with van der Waals surface area (Å²) in [6.07, 6.45) is 6.47. The van der Waals surface area contributed by atoms with Crippen molar-refractivity contribution in [3.05, 3.63) is 95.8 Å². The van der Waals surface area contributed by atoms with E-state index >= 15 is 0 Å². The van der Waals surface area contributed by atoms with Gasteiger partial charge in [-0.2, -0.15) is 0 Å². The predicted octanol–water partition coefficient (Wildman–Crippen LogP) is 4.09. The molecule has 0 saturated heterocycles. The molecule has 3 rings (SSSR count). The number of hydrogen-bond donors (Lipinski definition) is 1. The van der Waals surface area contributed by atoms with Crippen molar-refractivity contribution in [1.82, 2.24) is 4.98 Å². The van der Waals surface area contributed by atoms with E-state index < -0.39 is 10.0 Å². The van der Waals surface area contributed by atoms with Crippen LogP contribution >= 0.6 is 0 Å². The summed E-state index contributed by atoms with van der Waals surface area (Å²) in [7, 11) is -3.67. The SMILES string of the molecule is Cc1ccc(S(=O)(=O)Nc2ccc(C(=O)/C=C/c3cccnc3)cc2)cc1. The Kier molecular flexibility index (Phi) is 5.47. The van der Waals surface area contributed by atoms with Gasteiger partial charge in [0.15, 0.2) is 5.78 Å². The van der Waals surface area contributed by atoms with E-state index in [1.165, 1.54) is 6.08 Å². The van der Waals surface area contributed by atoms with E-state index in [2.05, 4.69) is 9.71 Å². The standard InChI is InChI=1S/C21H18N2O3S/c1-16-4-11-20(12-5-16)27(25,26)23-19-9-7-18(8-10-19)21(24)13-6-17-3-2-14-22-15-17/h2-15,23H,1H3/b13-6+. The monoisotopic (exact) mass is 378 g/mol. The summed E-state index contributed by atoms with van der Waals surface area (Å²) in [5.74, 6) is -0.174. The van der Waals surface area contributed by atoms with Crippen LogP contribution in [0.25, 0.3) is 6.08 Å². The highest BCUT2D eigenvalue weighted by Gasteiger charge is 2.14. The predicted molar refractivity (Wildman–Crippen MR) is 106 cm³/mol. The fraction of sp³-hybridized carbons (Fsp3) is 0.0476. The van der Waals surface area contributed by atoms with Gasteiger partial charge in [-0.05, 0) is 67.1 Å². The van der Waals surface area contributed by atoms with Gasteiger partial charge in [0.05, 0.1) is 4.90 Å². The molecule has 0 spiro atoms. The molecule has 0 bridgehead atoms. The molecule has 0 saturated carbocycles. The lowest BCUT2D eigenvalue weighted by Crippen LogP contribution is -2.13. The molecule has 0 radical (unpaired) electrons. The van der Waals surface area contributed by atoms with E-state index in [-0.39, 0.29) is 10.7 Å². The smallest absolute Gasteiger partial charge is 0.261 e. The van der Waals surface area contributed by atoms with Crippen LogP contribution in [-0.4, -0.2) is 19.2 Å². The number of nitrogens with one attached hydrogen (secondary N) is 1. The average molecular weight is 378 g/mol. The molecule has 5 nitrogen and oxygen atoms in total. The van der Waals surface area contributed by atoms with Crippen LogP contribution in [0.4, 0.5) is 5.69 Å². The summed E-state index contributed by atoms with van der Waals surface area (Å²) >= 11 is 0. The van der Waals surface area contributed by atoms with Gasteiger partial charge in [-0.3, -0.25) is 14.5 Å². The summed E-state index contributed by atoms with van der Waals surface area (Å²) in [5.41, 5.74) is 2.67. The van der Waals surface area contributed by atoms with Crippen LogP contribution in [0.3, 0.4) is 0 Å². The third-order valence-electron chi connectivity index (χ3n) is 3.86. The van der Waals surface area contributed by atoms with Gasteiger partial charge in [0.25, 0.3) is 10.0 Å². The van der Waals surface area contributed by atoms with Gasteiger partial charge in [-0.15, -0.1) is 0 Å². The summed E-state index contributed by atoms with van der Waals surface area (Å²) in [6.45, 7) is 1.89. The quantitative estimate of drug-likeness (QED) is 0.518. The molecule has 27 heavy (non-hydrogen) atoms. The zero-order chi connectivity index (χ0) is 19.3. The Labute approximate surface area is 158 Å². The number of rotatable bonds is 6. The number of hydrogen-bond acceptors (Lipinski definition) is 4. The first-order chi connectivity index (χ1) is 12.9. The lowest BCUT2D eigenvalue weighted by atomic mass is 10.1. The van der Waals surface area contributed by atoms with E-state index in [1.54, 1.807) is 73.1 Å². The van der Waals surface area contributed by atoms with Gasteiger partial charge in [-0.25, -0.2) is 8.42 Å². The topological polar surface area (TPSA) is 76.1 Å². The molecule has 6 heteroatoms. The van der Waals surface area contributed by atoms with Crippen LogP contribution in [0.1, 0.15) is 21.5 Å². The molecule has 2 aromatic carbocycles. The fourth-order valence-electron chi connectivity index (χ4n) is 2.38. The summed E-state index contributed by atoms with van der Waals surface area (Å²) in [4.78, 5) is 16.4. The highest BCUT2D eigenvalue weighted by atomic mass is 32.2. The van der Waals surface area contributed by atoms with Crippen LogP contribution < -0.4 is 4.72 Å². The Morgan fingerprint density at radius 1 is 1.00 bits per heavy atom. The Hall–Kier alpha value is -3.25. The minimum atomic E-state index is -3.67. The molecule has 0 unspecified atom stereocenters. The van der Waals surface area contributed by atoms with Gasteiger partial charge >= 0.3 is 0 Å². The van der Waals surface area contributed by atoms with Crippen molar-refractivity contribution in [1.29, 1.82) is 0 Å². The Balaban J connectivity index is 1.70. The molecule has 136 valence electrons. The molecule has 0 aliphatic heterocycles. The van der Waals surface area contributed by atoms with Crippen molar-refractivity contribution in [2.24, 2.45) is 0 Å². The molecular weight excluding hydrogens is 360 g/mol. The highest BCUT2D eigenvalue weighted by molar-refractivity contribution is 7.92. The summed E-state index contributed by atoms with van der Waals surface area (Å²) in [6, 6.07) is 16.5. The first-order valence-electron chi connectivity index (χ1n) is 8.26. The molecule has 0 aliphatic carbocycles. The van der Waals surface area contributed by atoms with Crippen LogP contribution in [-0.2, 0) is 10.0 Å². The third kappa shape index (κ3) is 4.89. The molecule has 0 fully saturated rings. The first-order valence-corrected chi connectivity index (χ1v) is 9.74. The number of ketones is 1. The van der Waals surface area contributed by atoms with Crippen LogP contribution in [0.15, 0.2) is 84.0 Å². The van der Waals surface area contributed by atoms with Crippen molar-refractivity contribution in [3.63, 3.8) is 0 Å². The fourth-order valence-corrected chi connectivity index (χ4v) is 3.44. The lowest BCUT2D eigenvalue weighted by Gasteiger charge is -2.08. The first kappa shape index (κ1) is 18.5. The second-order valence-corrected chi connectivity index (χ2v) is 7.66. The van der Waals surface area contributed by atoms with Gasteiger partial charge < -0.3 is 0 Å². The van der Waals surface area contributed by atoms with Crippen molar-refractivity contribution in [3.8, 4) is 0 Å². The van der Waals surface area contributed by atoms with Crippen LogP contribution in [0, 0.1) is 6.92 Å². The molecule has 0 atom stereocenters. The molecule has 1 aromatic heterocycles. The Morgan fingerprint density at radius 3 is 2.33 bits per heavy atom. The van der Waals surface area contributed by atoms with Gasteiger partial charge in [-0.1, -0.05) is 23.8 Å². The number of anilines is 1. The molecule has 1 heterocycles. The van der Waals surface area contributed by atoms with Gasteiger partial charge in [0, 0.05) is 23.6 Å². The zero-order valence-corrected chi connectivity index (χ0v) is 15.5. The third-order valence-corrected chi connectivity index (χ3v) is 5.26. The molecular formula is C21H18N2O3S. The van der Waals surface area contributed by atoms with Crippen molar-refractivity contribution < 1.29 is 13.2 Å². The van der Waals surface area contributed by atoms with Crippen molar-refractivity contribution in [2.45, 2.75) is 11.8 Å². The lowest BCUT2D eigenvalue weighted by molar-refractivity contribution is 0.104. The number of sulfonamides is 1. The van der Waals surface area contributed by atoms with Crippen LogP contribution in [0.2, 0.25) is 0 Å². The van der Waals surface area contributed by atoms with Crippen molar-refractivity contribution >= 4 is 27.6 Å². The summed E-state index contributed by atoms with van der Waals surface area (Å²) < 4.78 is 27.3. The van der Waals surface area contributed by atoms with Gasteiger partial charge in [0.1, 0.15) is 0 Å². The maximum absolute atomic E-state index is 12.4. The van der Waals surface area contributed by atoms with E-state index in [1.807, 2.05) is 13.0 Å². The van der Waals surface area contributed by atoms with E-state index in [9.17, 15) is 13.2 Å². The number of allylic oxidation sites excluding steroid dienone is 1. The average Bonchev–Trinajstić information content (AvgIpc) is 2.67. The Bertz CT molecular complexity index is 1060. The number of pyridine rings is 1. The normalized spacial score (nSPS) is 11.4. The minimum Gasteiger partial charge on any atom is -0.289 e. The number of carbonyl (C=O) groups is 1. The molecule has 0 amide bonds. The van der Waals surface area contributed by atoms with Gasteiger partial charge in [0.2, 0.25) is 0 Å². The summed E-state index contributed by atoms with van der Waals surface area (Å²) in [5, 5.41) is 0. The van der Waals surface area contributed by atoms with E-state index in [0.29, 0.717) is 11.3 Å². The molecule has 0 aliphatic rings. The van der Waals surface area contributed by atoms with E-state index in [0.717, 1.165) is 11.1 Å². The zero-order valence-electron chi connectivity index (χ0n) is 14.7. The largest absolute Gasteiger partial charge is 0.289 e. The maximum atomic E-state index is 12.4. The second-order valence-electron chi connectivity index (χ2n) is 5.98. The maximum Gasteiger partial charge on any atom is 0.261 e. The number of benzene rings is 2. The number of aromatic nitrogens is 1. The number of aryl methyl sites for hydroxylation is 1. The second kappa shape index (κ2) is 7.97. The molecule has 3 aromatic rings. The number of nitrogens with zero attached hydrogens (tertiary/aromatic N) is 1. The minimum absolute atomic E-state index is 0.174. The highest BCUT2D eigenvalue weighted by Crippen LogP contribution is 2.17. The Morgan fingerprint density at radius 2 is 1.70 bits per heavy atom. The van der Waals surface area contributed by atoms with Crippen LogP contribution in [0.5, 0.6) is 0 Å². The van der Waals surface area contributed by atoms with E-state index in [4.69, 9.17) is 0 Å².